The van der Waals surface area contributed by atoms with Crippen molar-refractivity contribution in [1.82, 2.24) is 5.32 Å². The molecule has 5 heteroatoms. The summed E-state index contributed by atoms with van der Waals surface area (Å²) in [6.07, 6.45) is 0. The summed E-state index contributed by atoms with van der Waals surface area (Å²) in [6.45, 7) is 5.84. The Balaban J connectivity index is 2.54. The van der Waals surface area contributed by atoms with Gasteiger partial charge in [0.15, 0.2) is 0 Å². The summed E-state index contributed by atoms with van der Waals surface area (Å²) in [4.78, 5) is 12.3. The van der Waals surface area contributed by atoms with Crippen molar-refractivity contribution in [3.8, 4) is 0 Å². The predicted octanol–water partition coefficient (Wildman–Crippen LogP) is 2.65. The molecule has 90 valence electrons. The number of carbonyl (C=O) groups excluding carboxylic acids is 1. The van der Waals surface area contributed by atoms with Crippen LogP contribution < -0.4 is 5.32 Å². The molecule has 0 aliphatic carbocycles. The van der Waals surface area contributed by atoms with Crippen LogP contribution in [0.1, 0.15) is 30.4 Å². The van der Waals surface area contributed by atoms with Gasteiger partial charge in [0.1, 0.15) is 0 Å². The monoisotopic (exact) mass is 305 g/mol. The number of thiophene rings is 1. The van der Waals surface area contributed by atoms with Gasteiger partial charge in [-0.2, -0.15) is 0 Å². The summed E-state index contributed by atoms with van der Waals surface area (Å²) in [5, 5.41) is 12.7. The summed E-state index contributed by atoms with van der Waals surface area (Å²) < 4.78 is 0.924. The van der Waals surface area contributed by atoms with Gasteiger partial charge >= 0.3 is 0 Å². The number of amides is 1. The molecule has 1 aromatic rings. The molecule has 1 amide bonds. The lowest BCUT2D eigenvalue weighted by Gasteiger charge is -2.27. The molecule has 0 aliphatic heterocycles. The molecule has 0 saturated heterocycles. The van der Waals surface area contributed by atoms with Crippen molar-refractivity contribution in [3.05, 3.63) is 20.8 Å². The molecule has 0 aromatic carbocycles. The van der Waals surface area contributed by atoms with Gasteiger partial charge in [-0.1, -0.05) is 13.8 Å². The van der Waals surface area contributed by atoms with E-state index in [-0.39, 0.29) is 18.4 Å². The van der Waals surface area contributed by atoms with Crippen LogP contribution in [0.4, 0.5) is 0 Å². The van der Waals surface area contributed by atoms with Crippen molar-refractivity contribution in [1.29, 1.82) is 0 Å². The second-order valence-corrected chi connectivity index (χ2v) is 6.76. The maximum absolute atomic E-state index is 11.7. The molecule has 1 heterocycles. The van der Waals surface area contributed by atoms with Crippen LogP contribution in [-0.4, -0.2) is 23.2 Å². The number of carbonyl (C=O) groups is 1. The summed E-state index contributed by atoms with van der Waals surface area (Å²) in [5.41, 5.74) is -0.871. The van der Waals surface area contributed by atoms with Gasteiger partial charge in [0.25, 0.3) is 5.91 Å². The van der Waals surface area contributed by atoms with Gasteiger partial charge in [-0.25, -0.2) is 0 Å². The SMILES string of the molecule is CC(C)[C@@](C)(O)CNC(=O)c1ccc(Br)s1. The Morgan fingerprint density at radius 2 is 2.25 bits per heavy atom. The molecule has 0 bridgehead atoms. The maximum atomic E-state index is 11.7. The fourth-order valence-electron chi connectivity index (χ4n) is 0.987. The molecule has 0 fully saturated rings. The predicted molar refractivity (Wildman–Crippen MR) is 69.8 cm³/mol. The van der Waals surface area contributed by atoms with E-state index in [0.29, 0.717) is 4.88 Å². The average molecular weight is 306 g/mol. The lowest BCUT2D eigenvalue weighted by Crippen LogP contribution is -2.44. The Kier molecular flexibility index (Phi) is 4.52. The summed E-state index contributed by atoms with van der Waals surface area (Å²) >= 11 is 4.68. The highest BCUT2D eigenvalue weighted by atomic mass is 79.9. The van der Waals surface area contributed by atoms with E-state index in [0.717, 1.165) is 3.79 Å². The van der Waals surface area contributed by atoms with Gasteiger partial charge in [0, 0.05) is 6.54 Å². The Morgan fingerprint density at radius 1 is 1.62 bits per heavy atom. The zero-order valence-electron chi connectivity index (χ0n) is 9.58. The zero-order valence-corrected chi connectivity index (χ0v) is 12.0. The smallest absolute Gasteiger partial charge is 0.261 e. The first-order valence-corrected chi connectivity index (χ1v) is 6.70. The van der Waals surface area contributed by atoms with Gasteiger partial charge in [-0.05, 0) is 40.9 Å². The number of halogens is 1. The van der Waals surface area contributed by atoms with E-state index in [1.54, 1.807) is 13.0 Å². The molecule has 1 atom stereocenters. The van der Waals surface area contributed by atoms with E-state index in [4.69, 9.17) is 0 Å². The first-order valence-electron chi connectivity index (χ1n) is 5.09. The third kappa shape index (κ3) is 3.57. The normalized spacial score (nSPS) is 14.9. The Bertz CT molecular complexity index is 374. The number of aliphatic hydroxyl groups is 1. The summed E-state index contributed by atoms with van der Waals surface area (Å²) in [7, 11) is 0. The van der Waals surface area contributed by atoms with E-state index < -0.39 is 5.60 Å². The third-order valence-electron chi connectivity index (χ3n) is 2.65. The number of nitrogens with one attached hydrogen (secondary N) is 1. The van der Waals surface area contributed by atoms with Crippen LogP contribution in [0.15, 0.2) is 15.9 Å². The van der Waals surface area contributed by atoms with E-state index in [1.807, 2.05) is 19.9 Å². The molecule has 2 N–H and O–H groups in total. The molecule has 0 saturated carbocycles. The van der Waals surface area contributed by atoms with Crippen LogP contribution >= 0.6 is 27.3 Å². The van der Waals surface area contributed by atoms with Crippen molar-refractivity contribution in [2.75, 3.05) is 6.54 Å². The van der Waals surface area contributed by atoms with Crippen LogP contribution in [0.5, 0.6) is 0 Å². The van der Waals surface area contributed by atoms with Crippen LogP contribution in [0.3, 0.4) is 0 Å². The van der Waals surface area contributed by atoms with Gasteiger partial charge in [-0.15, -0.1) is 11.3 Å². The first kappa shape index (κ1) is 13.7. The van der Waals surface area contributed by atoms with Crippen LogP contribution in [0, 0.1) is 5.92 Å². The van der Waals surface area contributed by atoms with Gasteiger partial charge in [-0.3, -0.25) is 4.79 Å². The summed E-state index contributed by atoms with van der Waals surface area (Å²) in [5.74, 6) is -0.0421. The number of hydrogen-bond donors (Lipinski definition) is 2. The molecule has 1 rings (SSSR count). The molecule has 0 unspecified atom stereocenters. The highest BCUT2D eigenvalue weighted by Gasteiger charge is 2.25. The Labute approximate surface area is 108 Å². The lowest BCUT2D eigenvalue weighted by molar-refractivity contribution is 0.0143. The molecule has 3 nitrogen and oxygen atoms in total. The van der Waals surface area contributed by atoms with Crippen molar-refractivity contribution >= 4 is 33.2 Å². The minimum atomic E-state index is -0.871. The molecule has 0 aliphatic rings. The van der Waals surface area contributed by atoms with Gasteiger partial charge < -0.3 is 10.4 Å². The zero-order chi connectivity index (χ0) is 12.3. The highest BCUT2D eigenvalue weighted by molar-refractivity contribution is 9.11. The second-order valence-electron chi connectivity index (χ2n) is 4.30. The third-order valence-corrected chi connectivity index (χ3v) is 4.27. The quantitative estimate of drug-likeness (QED) is 0.898. The molecular formula is C11H16BrNO2S. The summed E-state index contributed by atoms with van der Waals surface area (Å²) in [6, 6.07) is 3.59. The van der Waals surface area contributed by atoms with Crippen molar-refractivity contribution in [3.63, 3.8) is 0 Å². The maximum Gasteiger partial charge on any atom is 0.261 e. The largest absolute Gasteiger partial charge is 0.388 e. The molecular weight excluding hydrogens is 290 g/mol. The highest BCUT2D eigenvalue weighted by Crippen LogP contribution is 2.22. The van der Waals surface area contributed by atoms with Crippen molar-refractivity contribution in [2.24, 2.45) is 5.92 Å². The van der Waals surface area contributed by atoms with Gasteiger partial charge in [0.2, 0.25) is 0 Å². The van der Waals surface area contributed by atoms with Crippen molar-refractivity contribution in [2.45, 2.75) is 26.4 Å². The molecule has 0 radical (unpaired) electrons. The molecule has 0 spiro atoms. The van der Waals surface area contributed by atoms with Gasteiger partial charge in [0.05, 0.1) is 14.3 Å². The fraction of sp³-hybridized carbons (Fsp3) is 0.545. The van der Waals surface area contributed by atoms with Crippen LogP contribution in [0.2, 0.25) is 0 Å². The van der Waals surface area contributed by atoms with Crippen LogP contribution in [-0.2, 0) is 0 Å². The number of rotatable bonds is 4. The first-order chi connectivity index (χ1) is 7.33. The minimum Gasteiger partial charge on any atom is -0.388 e. The van der Waals surface area contributed by atoms with E-state index in [2.05, 4.69) is 21.2 Å². The molecule has 1 aromatic heterocycles. The van der Waals surface area contributed by atoms with Crippen molar-refractivity contribution < 1.29 is 9.90 Å². The standard InChI is InChI=1S/C11H16BrNO2S/c1-7(2)11(3,15)6-13-10(14)8-4-5-9(12)16-8/h4-5,7,15H,6H2,1-3H3,(H,13,14)/t11-/m0/s1. The average Bonchev–Trinajstić information content (AvgIpc) is 2.61. The fourth-order valence-corrected chi connectivity index (χ4v) is 2.29. The van der Waals surface area contributed by atoms with E-state index in [9.17, 15) is 9.90 Å². The second kappa shape index (κ2) is 5.29. The van der Waals surface area contributed by atoms with Crippen LogP contribution in [0.25, 0.3) is 0 Å². The lowest BCUT2D eigenvalue weighted by atomic mass is 9.92. The minimum absolute atomic E-state index is 0.0999. The van der Waals surface area contributed by atoms with E-state index in [1.165, 1.54) is 11.3 Å². The number of hydrogen-bond acceptors (Lipinski definition) is 3. The topological polar surface area (TPSA) is 49.3 Å². The van der Waals surface area contributed by atoms with E-state index >= 15 is 0 Å². The Morgan fingerprint density at radius 3 is 2.69 bits per heavy atom. The Hall–Kier alpha value is -0.390. The molecule has 16 heavy (non-hydrogen) atoms.